The van der Waals surface area contributed by atoms with Gasteiger partial charge in [0.15, 0.2) is 5.78 Å². The predicted octanol–water partition coefficient (Wildman–Crippen LogP) is 5.80. The lowest BCUT2D eigenvalue weighted by molar-refractivity contribution is -0.118. The second-order valence-electron chi connectivity index (χ2n) is 9.15. The summed E-state index contributed by atoms with van der Waals surface area (Å²) in [7, 11) is 0. The maximum Gasteiger partial charge on any atom is 0.234 e. The third-order valence-electron chi connectivity index (χ3n) is 5.84. The lowest BCUT2D eigenvalue weighted by atomic mass is 9.69. The second-order valence-corrected chi connectivity index (χ2v) is 11.1. The number of nitrogens with zero attached hydrogens (tertiary/aromatic N) is 2. The number of hydrogen-bond acceptors (Lipinski definition) is 7. The lowest BCUT2D eigenvalue weighted by Gasteiger charge is -2.37. The van der Waals surface area contributed by atoms with E-state index in [1.54, 1.807) is 23.5 Å². The van der Waals surface area contributed by atoms with Crippen LogP contribution in [0.4, 0.5) is 5.69 Å². The number of nitrogens with one attached hydrogen (secondary N) is 1. The number of thiophene rings is 1. The SMILES string of the molecule is CCOc1ccc(NC(=O)CSC2=NC3=C(C(=O)CC(C)(C)C3)[C@@H](c3cccs3)C2C#N)cc1. The molecule has 1 amide bonds. The van der Waals surface area contributed by atoms with Gasteiger partial charge in [-0.1, -0.05) is 31.7 Å². The van der Waals surface area contributed by atoms with Gasteiger partial charge >= 0.3 is 0 Å². The highest BCUT2D eigenvalue weighted by atomic mass is 32.2. The van der Waals surface area contributed by atoms with Crippen LogP contribution in [0.5, 0.6) is 5.75 Å². The topological polar surface area (TPSA) is 91.5 Å². The van der Waals surface area contributed by atoms with Crippen molar-refractivity contribution in [3.05, 3.63) is 57.9 Å². The Morgan fingerprint density at radius 1 is 1.29 bits per heavy atom. The molecule has 6 nitrogen and oxygen atoms in total. The third kappa shape index (κ3) is 5.26. The number of hydrogen-bond donors (Lipinski definition) is 1. The number of anilines is 1. The number of Topliss-reactive ketones (excluding diaryl/α,β-unsaturated/α-hetero) is 1. The van der Waals surface area contributed by atoms with E-state index in [-0.39, 0.29) is 28.8 Å². The molecule has 0 radical (unpaired) electrons. The molecule has 0 saturated heterocycles. The van der Waals surface area contributed by atoms with Gasteiger partial charge in [-0.3, -0.25) is 9.59 Å². The minimum absolute atomic E-state index is 0.0749. The highest BCUT2D eigenvalue weighted by Gasteiger charge is 2.44. The zero-order valence-corrected chi connectivity index (χ0v) is 21.1. The number of ketones is 1. The first-order chi connectivity index (χ1) is 16.3. The van der Waals surface area contributed by atoms with Crippen molar-refractivity contribution in [2.45, 2.75) is 39.5 Å². The number of thioether (sulfide) groups is 1. The number of allylic oxidation sites excluding steroid dienone is 2. The van der Waals surface area contributed by atoms with Crippen LogP contribution >= 0.6 is 23.1 Å². The molecule has 1 aromatic heterocycles. The van der Waals surface area contributed by atoms with E-state index in [0.717, 1.165) is 16.3 Å². The number of amides is 1. The first-order valence-electron chi connectivity index (χ1n) is 11.2. The van der Waals surface area contributed by atoms with Gasteiger partial charge in [0, 0.05) is 34.2 Å². The maximum atomic E-state index is 13.1. The summed E-state index contributed by atoms with van der Waals surface area (Å²) in [4.78, 5) is 31.6. The van der Waals surface area contributed by atoms with E-state index in [4.69, 9.17) is 9.73 Å². The second kappa shape index (κ2) is 10.2. The monoisotopic (exact) mass is 493 g/mol. The fourth-order valence-electron chi connectivity index (χ4n) is 4.43. The van der Waals surface area contributed by atoms with Gasteiger partial charge in [0.2, 0.25) is 5.91 Å². The molecule has 4 rings (SSSR count). The summed E-state index contributed by atoms with van der Waals surface area (Å²) in [6.45, 7) is 6.63. The molecule has 1 unspecified atom stereocenters. The van der Waals surface area contributed by atoms with Gasteiger partial charge in [-0.2, -0.15) is 5.26 Å². The Kier molecular flexibility index (Phi) is 7.24. The summed E-state index contributed by atoms with van der Waals surface area (Å²) < 4.78 is 5.43. The van der Waals surface area contributed by atoms with Crippen LogP contribution in [0.25, 0.3) is 0 Å². The fourth-order valence-corrected chi connectivity index (χ4v) is 6.20. The number of carbonyl (C=O) groups is 2. The van der Waals surface area contributed by atoms with Crippen LogP contribution < -0.4 is 10.1 Å². The first kappa shape index (κ1) is 24.2. The molecule has 1 aliphatic heterocycles. The number of nitriles is 1. The van der Waals surface area contributed by atoms with Gasteiger partial charge in [0.1, 0.15) is 11.7 Å². The smallest absolute Gasteiger partial charge is 0.234 e. The number of benzene rings is 1. The molecule has 0 saturated carbocycles. The molecule has 34 heavy (non-hydrogen) atoms. The average molecular weight is 494 g/mol. The van der Waals surface area contributed by atoms with Gasteiger partial charge in [-0.15, -0.1) is 11.3 Å². The number of aliphatic imine (C=N–C) groups is 1. The zero-order valence-electron chi connectivity index (χ0n) is 19.5. The Bertz CT molecular complexity index is 1170. The van der Waals surface area contributed by atoms with E-state index in [2.05, 4.69) is 25.2 Å². The summed E-state index contributed by atoms with van der Waals surface area (Å²) in [6.07, 6.45) is 1.13. The van der Waals surface area contributed by atoms with Gasteiger partial charge in [-0.25, -0.2) is 4.99 Å². The average Bonchev–Trinajstić information content (AvgIpc) is 3.32. The molecule has 1 N–H and O–H groups in total. The zero-order chi connectivity index (χ0) is 24.3. The van der Waals surface area contributed by atoms with E-state index in [1.807, 2.05) is 36.6 Å². The molecular formula is C26H27N3O3S2. The normalized spacial score (nSPS) is 21.4. The Labute approximate surface area is 208 Å². The molecule has 0 fully saturated rings. The summed E-state index contributed by atoms with van der Waals surface area (Å²) in [5.74, 6) is -0.158. The van der Waals surface area contributed by atoms with Gasteiger partial charge in [-0.05, 0) is 54.5 Å². The number of carbonyl (C=O) groups excluding carboxylic acids is 2. The van der Waals surface area contributed by atoms with Crippen molar-refractivity contribution in [1.82, 2.24) is 0 Å². The van der Waals surface area contributed by atoms with Crippen LogP contribution in [0.1, 0.15) is 44.4 Å². The molecular weight excluding hydrogens is 466 g/mol. The molecule has 1 aromatic carbocycles. The van der Waals surface area contributed by atoms with Crippen LogP contribution in [0.15, 0.2) is 58.0 Å². The standard InChI is InChI=1S/C26H27N3O3S2/c1-4-32-17-9-7-16(8-10-17)28-22(31)15-34-25-18(14-27)23(21-6-5-11-33-21)24-19(29-25)12-26(2,3)13-20(24)30/h5-11,18,23H,4,12-13,15H2,1-3H3,(H,28,31)/t18?,23-/m1/s1. The molecule has 1 aliphatic carbocycles. The van der Waals surface area contributed by atoms with Crippen molar-refractivity contribution in [3.8, 4) is 11.8 Å². The van der Waals surface area contributed by atoms with E-state index in [0.29, 0.717) is 35.8 Å². The summed E-state index contributed by atoms with van der Waals surface area (Å²) in [5, 5.41) is 15.5. The molecule has 0 bridgehead atoms. The Morgan fingerprint density at radius 2 is 2.06 bits per heavy atom. The Balaban J connectivity index is 1.55. The Hall–Kier alpha value is -2.89. The minimum atomic E-state index is -0.592. The van der Waals surface area contributed by atoms with Gasteiger partial charge < -0.3 is 10.1 Å². The highest BCUT2D eigenvalue weighted by Crippen LogP contribution is 2.49. The van der Waals surface area contributed by atoms with E-state index < -0.39 is 5.92 Å². The maximum absolute atomic E-state index is 13.1. The molecule has 2 heterocycles. The summed E-state index contributed by atoms with van der Waals surface area (Å²) in [6, 6.07) is 13.5. The van der Waals surface area contributed by atoms with Crippen molar-refractivity contribution < 1.29 is 14.3 Å². The lowest BCUT2D eigenvalue weighted by Crippen LogP contribution is -2.35. The largest absolute Gasteiger partial charge is 0.494 e. The summed E-state index contributed by atoms with van der Waals surface area (Å²) >= 11 is 2.82. The Morgan fingerprint density at radius 3 is 2.71 bits per heavy atom. The van der Waals surface area contributed by atoms with Crippen LogP contribution in [-0.2, 0) is 9.59 Å². The van der Waals surface area contributed by atoms with Crippen LogP contribution in [-0.4, -0.2) is 29.1 Å². The van der Waals surface area contributed by atoms with Crippen LogP contribution in [0.3, 0.4) is 0 Å². The summed E-state index contributed by atoms with van der Waals surface area (Å²) in [5.41, 5.74) is 1.94. The first-order valence-corrected chi connectivity index (χ1v) is 13.1. The van der Waals surface area contributed by atoms with Crippen molar-refractivity contribution >= 4 is 45.5 Å². The van der Waals surface area contributed by atoms with Crippen molar-refractivity contribution in [2.24, 2.45) is 16.3 Å². The quantitative estimate of drug-likeness (QED) is 0.549. The fraction of sp³-hybridized carbons (Fsp3) is 0.385. The predicted molar refractivity (Wildman–Crippen MR) is 137 cm³/mol. The van der Waals surface area contributed by atoms with Crippen molar-refractivity contribution in [2.75, 3.05) is 17.7 Å². The van der Waals surface area contributed by atoms with Crippen molar-refractivity contribution in [3.63, 3.8) is 0 Å². The van der Waals surface area contributed by atoms with Crippen molar-refractivity contribution in [1.29, 1.82) is 5.26 Å². The van der Waals surface area contributed by atoms with Crippen LogP contribution in [0.2, 0.25) is 0 Å². The van der Waals surface area contributed by atoms with E-state index in [9.17, 15) is 14.9 Å². The number of rotatable bonds is 6. The molecule has 2 atom stereocenters. The van der Waals surface area contributed by atoms with Crippen LogP contribution in [0, 0.1) is 22.7 Å². The van der Waals surface area contributed by atoms with E-state index in [1.165, 1.54) is 11.8 Å². The minimum Gasteiger partial charge on any atom is -0.494 e. The molecule has 176 valence electrons. The molecule has 2 aromatic rings. The molecule has 0 spiro atoms. The molecule has 8 heteroatoms. The van der Waals surface area contributed by atoms with Gasteiger partial charge in [0.25, 0.3) is 0 Å². The third-order valence-corrected chi connectivity index (χ3v) is 7.84. The molecule has 2 aliphatic rings. The van der Waals surface area contributed by atoms with E-state index >= 15 is 0 Å². The number of ether oxygens (including phenoxy) is 1. The van der Waals surface area contributed by atoms with Gasteiger partial charge in [0.05, 0.1) is 23.5 Å². The highest BCUT2D eigenvalue weighted by molar-refractivity contribution is 8.14.